The van der Waals surface area contributed by atoms with Crippen LogP contribution in [0.1, 0.15) is 11.1 Å². The van der Waals surface area contributed by atoms with Crippen LogP contribution in [0.3, 0.4) is 0 Å². The van der Waals surface area contributed by atoms with Crippen molar-refractivity contribution in [3.05, 3.63) is 106 Å². The summed E-state index contributed by atoms with van der Waals surface area (Å²) in [5.74, 6) is -2.71. The molecule has 0 aromatic heterocycles. The van der Waals surface area contributed by atoms with Gasteiger partial charge in [0.15, 0.2) is 0 Å². The molecule has 0 aliphatic carbocycles. The quantitative estimate of drug-likeness (QED) is 0.361. The highest BCUT2D eigenvalue weighted by atomic mass is 32.2. The van der Waals surface area contributed by atoms with Crippen molar-refractivity contribution in [2.75, 3.05) is 0 Å². The summed E-state index contributed by atoms with van der Waals surface area (Å²) in [4.78, 5) is 50.9. The monoisotopic (exact) mass is 486 g/mol. The van der Waals surface area contributed by atoms with E-state index < -0.39 is 23.9 Å². The summed E-state index contributed by atoms with van der Waals surface area (Å²) in [6.07, 6.45) is 0. The number of hydrogen-bond acceptors (Lipinski definition) is 8. The Hall–Kier alpha value is -3.88. The van der Waals surface area contributed by atoms with Crippen LogP contribution in [0.4, 0.5) is 0 Å². The molecule has 0 radical (unpaired) electrons. The van der Waals surface area contributed by atoms with Crippen LogP contribution in [-0.2, 0) is 28.7 Å². The second kappa shape index (κ2) is 9.17. The number of thioether (sulfide) groups is 2. The fourth-order valence-electron chi connectivity index (χ4n) is 3.46. The van der Waals surface area contributed by atoms with E-state index in [-0.39, 0.29) is 21.0 Å². The minimum atomic E-state index is -0.683. The Morgan fingerprint density at radius 3 is 1.15 bits per heavy atom. The molecule has 2 aliphatic rings. The molecule has 0 N–H and O–H groups in total. The zero-order valence-corrected chi connectivity index (χ0v) is 19.0. The smallest absolute Gasteiger partial charge is 0.353 e. The van der Waals surface area contributed by atoms with E-state index in [4.69, 9.17) is 9.47 Å². The maximum absolute atomic E-state index is 12.3. The van der Waals surface area contributed by atoms with Crippen molar-refractivity contribution < 1.29 is 28.7 Å². The highest BCUT2D eigenvalue weighted by Gasteiger charge is 2.36. The highest BCUT2D eigenvalue weighted by molar-refractivity contribution is 8.04. The molecule has 0 atom stereocenters. The Labute approximate surface area is 202 Å². The molecule has 8 heteroatoms. The van der Waals surface area contributed by atoms with Gasteiger partial charge in [0.25, 0.3) is 0 Å². The molecule has 2 heterocycles. The lowest BCUT2D eigenvalue weighted by molar-refractivity contribution is -0.151. The van der Waals surface area contributed by atoms with Gasteiger partial charge >= 0.3 is 23.9 Å². The van der Waals surface area contributed by atoms with E-state index in [1.54, 1.807) is 72.8 Å². The van der Waals surface area contributed by atoms with E-state index >= 15 is 0 Å². The number of carbonyl (C=O) groups is 4. The van der Waals surface area contributed by atoms with Gasteiger partial charge in [-0.3, -0.25) is 0 Å². The average Bonchev–Trinajstić information content (AvgIpc) is 3.29. The summed E-state index contributed by atoms with van der Waals surface area (Å²) in [6.45, 7) is 0. The second-order valence-electron chi connectivity index (χ2n) is 7.17. The first-order valence-electron chi connectivity index (χ1n) is 10.1. The van der Waals surface area contributed by atoms with Gasteiger partial charge < -0.3 is 9.47 Å². The molecule has 0 unspecified atom stereocenters. The third-order valence-electron chi connectivity index (χ3n) is 4.99. The molecule has 5 rings (SSSR count). The van der Waals surface area contributed by atoms with Crippen molar-refractivity contribution in [3.63, 3.8) is 0 Å². The molecule has 166 valence electrons. The summed E-state index contributed by atoms with van der Waals surface area (Å²) in [6, 6.07) is 24.8. The minimum Gasteiger partial charge on any atom is -0.385 e. The zero-order valence-electron chi connectivity index (χ0n) is 17.3. The second-order valence-corrected chi connectivity index (χ2v) is 9.34. The lowest BCUT2D eigenvalue weighted by Gasteiger charge is -2.06. The molecule has 0 amide bonds. The van der Waals surface area contributed by atoms with Crippen molar-refractivity contribution in [1.82, 2.24) is 0 Å². The van der Waals surface area contributed by atoms with Crippen LogP contribution in [-0.4, -0.2) is 23.9 Å². The number of rotatable bonds is 6. The number of ether oxygens (including phenoxy) is 2. The van der Waals surface area contributed by atoms with Crippen molar-refractivity contribution >= 4 is 58.5 Å². The van der Waals surface area contributed by atoms with Gasteiger partial charge in [0.2, 0.25) is 0 Å². The first-order chi connectivity index (χ1) is 16.5. The van der Waals surface area contributed by atoms with Gasteiger partial charge in [0.1, 0.15) is 9.81 Å². The predicted molar refractivity (Wildman–Crippen MR) is 127 cm³/mol. The Morgan fingerprint density at radius 1 is 0.441 bits per heavy atom. The lowest BCUT2D eigenvalue weighted by atomic mass is 10.1. The van der Waals surface area contributed by atoms with E-state index in [0.717, 1.165) is 23.5 Å². The van der Waals surface area contributed by atoms with Gasteiger partial charge in [0.05, 0.1) is 11.1 Å². The summed E-state index contributed by atoms with van der Waals surface area (Å²) >= 11 is 2.27. The molecule has 0 spiro atoms. The summed E-state index contributed by atoms with van der Waals surface area (Å²) < 4.78 is 9.67. The summed E-state index contributed by atoms with van der Waals surface area (Å²) in [5.41, 5.74) is 1.69. The number of cyclic esters (lactones) is 4. The predicted octanol–water partition coefficient (Wildman–Crippen LogP) is 4.86. The third-order valence-corrected chi connectivity index (χ3v) is 7.16. The fraction of sp³-hybridized carbons (Fsp3) is 0. The van der Waals surface area contributed by atoms with E-state index in [1.165, 1.54) is 0 Å². The number of benzene rings is 3. The zero-order chi connectivity index (χ0) is 23.7. The molecule has 0 saturated heterocycles. The molecule has 2 aliphatic heterocycles. The first-order valence-corrected chi connectivity index (χ1v) is 11.7. The van der Waals surface area contributed by atoms with Crippen LogP contribution in [0.25, 0.3) is 11.1 Å². The van der Waals surface area contributed by atoms with Gasteiger partial charge in [-0.1, -0.05) is 84.2 Å². The van der Waals surface area contributed by atoms with Crippen LogP contribution in [0.2, 0.25) is 0 Å². The Kier molecular flexibility index (Phi) is 5.91. The van der Waals surface area contributed by atoms with Crippen LogP contribution < -0.4 is 0 Å². The van der Waals surface area contributed by atoms with Gasteiger partial charge in [-0.25, -0.2) is 19.2 Å². The SMILES string of the molecule is O=C1OC(=O)C(c2ccccc2)=C1Sc1ccc(SC2=C(c3ccccc3)C(=O)OC2=O)cc1. The first kappa shape index (κ1) is 21.9. The number of hydrogen-bond donors (Lipinski definition) is 0. The lowest BCUT2D eigenvalue weighted by Crippen LogP contribution is -2.01. The van der Waals surface area contributed by atoms with Gasteiger partial charge in [-0.05, 0) is 35.4 Å². The highest BCUT2D eigenvalue weighted by Crippen LogP contribution is 2.41. The van der Waals surface area contributed by atoms with Gasteiger partial charge in [0, 0.05) is 9.79 Å². The molecular weight excluding hydrogens is 472 g/mol. The largest absolute Gasteiger partial charge is 0.385 e. The summed E-state index contributed by atoms with van der Waals surface area (Å²) in [7, 11) is 0. The van der Waals surface area contributed by atoms with Crippen molar-refractivity contribution in [2.24, 2.45) is 0 Å². The fourth-order valence-corrected chi connectivity index (χ4v) is 5.33. The number of esters is 4. The molecular formula is C26H14O6S2. The van der Waals surface area contributed by atoms with Crippen LogP contribution in [0.5, 0.6) is 0 Å². The third kappa shape index (κ3) is 4.21. The number of carbonyl (C=O) groups excluding carboxylic acids is 4. The van der Waals surface area contributed by atoms with Gasteiger partial charge in [-0.15, -0.1) is 0 Å². The summed E-state index contributed by atoms with van der Waals surface area (Å²) in [5, 5.41) is 0. The van der Waals surface area contributed by atoms with E-state index in [2.05, 4.69) is 0 Å². The molecule has 3 aromatic rings. The molecule has 34 heavy (non-hydrogen) atoms. The Balaban J connectivity index is 1.41. The maximum Gasteiger partial charge on any atom is 0.353 e. The van der Waals surface area contributed by atoms with Crippen molar-refractivity contribution in [3.8, 4) is 0 Å². The van der Waals surface area contributed by atoms with E-state index in [0.29, 0.717) is 20.9 Å². The molecule has 6 nitrogen and oxygen atoms in total. The molecule has 0 bridgehead atoms. The molecule has 3 aromatic carbocycles. The van der Waals surface area contributed by atoms with E-state index in [1.807, 2.05) is 12.1 Å². The molecule has 0 saturated carbocycles. The Morgan fingerprint density at radius 2 is 0.794 bits per heavy atom. The normalized spacial score (nSPS) is 15.8. The standard InChI is InChI=1S/C26H14O6S2/c27-23-19(15-7-3-1-4-8-15)21(25(29)31-23)33-17-11-13-18(14-12-17)34-22-20(24(28)32-26(22)30)16-9-5-2-6-10-16/h1-14H. The topological polar surface area (TPSA) is 86.7 Å². The van der Waals surface area contributed by atoms with Crippen molar-refractivity contribution in [1.29, 1.82) is 0 Å². The van der Waals surface area contributed by atoms with Crippen molar-refractivity contribution in [2.45, 2.75) is 9.79 Å². The van der Waals surface area contributed by atoms with E-state index in [9.17, 15) is 19.2 Å². The van der Waals surface area contributed by atoms with Crippen LogP contribution in [0.15, 0.2) is 105 Å². The maximum atomic E-state index is 12.3. The molecule has 0 fully saturated rings. The van der Waals surface area contributed by atoms with Crippen LogP contribution >= 0.6 is 23.5 Å². The van der Waals surface area contributed by atoms with Crippen LogP contribution in [0, 0.1) is 0 Å². The average molecular weight is 487 g/mol. The Bertz CT molecular complexity index is 1280. The van der Waals surface area contributed by atoms with Gasteiger partial charge in [-0.2, -0.15) is 0 Å². The minimum absolute atomic E-state index is 0.218.